The zero-order valence-electron chi connectivity index (χ0n) is 12.0. The van der Waals surface area contributed by atoms with Crippen LogP contribution in [-0.4, -0.2) is 32.0 Å². The summed E-state index contributed by atoms with van der Waals surface area (Å²) in [5.74, 6) is 0. The smallest absolute Gasteiger partial charge is 0.309 e. The summed E-state index contributed by atoms with van der Waals surface area (Å²) < 4.78 is 63.9. The molecule has 130 valence electrons. The Kier molecular flexibility index (Phi) is 6.04. The predicted octanol–water partition coefficient (Wildman–Crippen LogP) is 0.871. The van der Waals surface area contributed by atoms with E-state index in [1.165, 1.54) is 12.1 Å². The molecule has 0 spiro atoms. The van der Waals surface area contributed by atoms with E-state index in [0.29, 0.717) is 5.56 Å². The Morgan fingerprint density at radius 1 is 0.792 bits per heavy atom. The Labute approximate surface area is 138 Å². The summed E-state index contributed by atoms with van der Waals surface area (Å²) in [6.07, 6.45) is 0. The van der Waals surface area contributed by atoms with Gasteiger partial charge in [-0.2, -0.15) is 16.8 Å². The lowest BCUT2D eigenvalue weighted by atomic mass is 10.1. The van der Waals surface area contributed by atoms with Gasteiger partial charge in [-0.05, 0) is 11.6 Å². The van der Waals surface area contributed by atoms with Gasteiger partial charge in [-0.3, -0.25) is 9.11 Å². The summed E-state index contributed by atoms with van der Waals surface area (Å²) in [5.41, 5.74) is 8.88. The van der Waals surface area contributed by atoms with E-state index >= 15 is 0 Å². The van der Waals surface area contributed by atoms with Crippen molar-refractivity contribution in [1.29, 1.82) is 0 Å². The first-order valence-electron chi connectivity index (χ1n) is 6.13. The van der Waals surface area contributed by atoms with Crippen molar-refractivity contribution in [3.8, 4) is 11.1 Å². The van der Waals surface area contributed by atoms with Crippen LogP contribution in [0.1, 0.15) is 0 Å². The first kappa shape index (κ1) is 19.6. The molecular weight excluding hydrogens is 360 g/mol. The highest BCUT2D eigenvalue weighted by Gasteiger charge is 2.27. The molecule has 0 aliphatic rings. The normalized spacial score (nSPS) is 11.2. The Bertz CT molecular complexity index is 936. The topological polar surface area (TPSA) is 178 Å². The van der Waals surface area contributed by atoms with Gasteiger partial charge in [-0.15, -0.1) is 0 Å². The van der Waals surface area contributed by atoms with E-state index in [1.807, 2.05) is 0 Å². The van der Waals surface area contributed by atoms with Gasteiger partial charge in [0.05, 0.1) is 0 Å². The summed E-state index contributed by atoms with van der Waals surface area (Å²) in [6.45, 7) is 0. The van der Waals surface area contributed by atoms with Gasteiger partial charge in [-0.1, -0.05) is 42.5 Å². The van der Waals surface area contributed by atoms with Crippen LogP contribution in [0.2, 0.25) is 0 Å². The van der Waals surface area contributed by atoms with Gasteiger partial charge < -0.3 is 11.5 Å². The van der Waals surface area contributed by atoms with Crippen LogP contribution in [0.15, 0.2) is 58.3 Å². The Morgan fingerprint density at radius 3 is 1.71 bits per heavy atom. The minimum absolute atomic E-state index is 0.0109. The van der Waals surface area contributed by atoms with Crippen LogP contribution in [0.25, 0.3) is 11.1 Å². The van der Waals surface area contributed by atoms with Gasteiger partial charge in [-0.25, -0.2) is 4.79 Å². The lowest BCUT2D eigenvalue weighted by molar-refractivity contribution is 0.256. The third kappa shape index (κ3) is 5.31. The molecule has 6 N–H and O–H groups in total. The van der Waals surface area contributed by atoms with Gasteiger partial charge in [0.2, 0.25) is 0 Å². The number of rotatable bonds is 3. The maximum Gasteiger partial charge on any atom is 0.309 e. The number of primary amides is 2. The van der Waals surface area contributed by atoms with Crippen LogP contribution in [-0.2, 0) is 20.2 Å². The second-order valence-electron chi connectivity index (χ2n) is 4.35. The molecule has 9 nitrogen and oxygen atoms in total. The van der Waals surface area contributed by atoms with Crippen LogP contribution in [0.3, 0.4) is 0 Å². The molecule has 11 heteroatoms. The molecule has 24 heavy (non-hydrogen) atoms. The SMILES string of the molecule is NC(N)=O.O=S(=O)(O)c1cccc(-c2ccccc2)c1S(=O)(=O)O. The van der Waals surface area contributed by atoms with Crippen LogP contribution in [0.5, 0.6) is 0 Å². The maximum atomic E-state index is 11.5. The van der Waals surface area contributed by atoms with Crippen molar-refractivity contribution in [2.45, 2.75) is 9.79 Å². The number of amides is 2. The quantitative estimate of drug-likeness (QED) is 0.575. The number of urea groups is 1. The monoisotopic (exact) mass is 374 g/mol. The molecule has 0 saturated heterocycles. The van der Waals surface area contributed by atoms with E-state index < -0.39 is 36.1 Å². The highest BCUT2D eigenvalue weighted by atomic mass is 32.2. The molecule has 0 aromatic heterocycles. The molecule has 0 saturated carbocycles. The van der Waals surface area contributed by atoms with Gasteiger partial charge in [0, 0.05) is 5.56 Å². The van der Waals surface area contributed by atoms with Crippen molar-refractivity contribution in [1.82, 2.24) is 0 Å². The Morgan fingerprint density at radius 2 is 1.29 bits per heavy atom. The molecule has 0 fully saturated rings. The Balaban J connectivity index is 0.000000648. The van der Waals surface area contributed by atoms with E-state index in [2.05, 4.69) is 11.5 Å². The van der Waals surface area contributed by atoms with Crippen molar-refractivity contribution < 1.29 is 30.7 Å². The summed E-state index contributed by atoms with van der Waals surface area (Å²) in [5, 5.41) is 0. The van der Waals surface area contributed by atoms with Crippen LogP contribution in [0.4, 0.5) is 4.79 Å². The van der Waals surface area contributed by atoms with E-state index in [1.54, 1.807) is 30.3 Å². The van der Waals surface area contributed by atoms with E-state index in [0.717, 1.165) is 6.07 Å². The van der Waals surface area contributed by atoms with Crippen molar-refractivity contribution in [3.05, 3.63) is 48.5 Å². The van der Waals surface area contributed by atoms with Crippen LogP contribution in [0, 0.1) is 0 Å². The van der Waals surface area contributed by atoms with Crippen molar-refractivity contribution in [3.63, 3.8) is 0 Å². The number of carbonyl (C=O) groups is 1. The zero-order valence-corrected chi connectivity index (χ0v) is 13.7. The maximum absolute atomic E-state index is 11.5. The molecule has 2 aromatic rings. The molecule has 2 rings (SSSR count). The zero-order chi connectivity index (χ0) is 18.5. The minimum atomic E-state index is -4.83. The van der Waals surface area contributed by atoms with Gasteiger partial charge in [0.15, 0.2) is 0 Å². The summed E-state index contributed by atoms with van der Waals surface area (Å²) >= 11 is 0. The molecule has 0 atom stereocenters. The molecule has 0 bridgehead atoms. The Hall–Kier alpha value is -2.47. The second kappa shape index (κ2) is 7.40. The first-order valence-corrected chi connectivity index (χ1v) is 9.01. The molecule has 0 aliphatic heterocycles. The predicted molar refractivity (Wildman–Crippen MR) is 85.3 cm³/mol. The third-order valence-corrected chi connectivity index (χ3v) is 4.58. The first-order chi connectivity index (χ1) is 10.9. The molecule has 0 heterocycles. The molecule has 0 aliphatic carbocycles. The van der Waals surface area contributed by atoms with Gasteiger partial charge in [0.25, 0.3) is 20.2 Å². The standard InChI is InChI=1S/C12H10O6S2.CH4N2O/c13-19(14,15)11-8-4-7-10(12(11)20(16,17)18)9-5-2-1-3-6-9;2-1(3)4/h1-8H,(H,13,14,15)(H,16,17,18);(H4,2,3,4). The number of nitrogens with two attached hydrogens (primary N) is 2. The number of carbonyl (C=O) groups excluding carboxylic acids is 1. The lowest BCUT2D eigenvalue weighted by Gasteiger charge is -2.10. The van der Waals surface area contributed by atoms with E-state index in [-0.39, 0.29) is 5.56 Å². The molecule has 2 amide bonds. The molecule has 2 aromatic carbocycles. The lowest BCUT2D eigenvalue weighted by Crippen LogP contribution is -2.18. The average Bonchev–Trinajstić information content (AvgIpc) is 2.45. The van der Waals surface area contributed by atoms with Crippen molar-refractivity contribution in [2.24, 2.45) is 11.5 Å². The van der Waals surface area contributed by atoms with E-state index in [9.17, 15) is 21.4 Å². The summed E-state index contributed by atoms with van der Waals surface area (Å²) in [4.78, 5) is 7.30. The minimum Gasteiger partial charge on any atom is -0.352 e. The fraction of sp³-hybridized carbons (Fsp3) is 0. The van der Waals surface area contributed by atoms with Crippen LogP contribution < -0.4 is 11.5 Å². The number of hydrogen-bond acceptors (Lipinski definition) is 5. The van der Waals surface area contributed by atoms with Gasteiger partial charge in [0.1, 0.15) is 9.79 Å². The molecule has 0 unspecified atom stereocenters. The fourth-order valence-electron chi connectivity index (χ4n) is 1.83. The van der Waals surface area contributed by atoms with E-state index in [4.69, 9.17) is 9.35 Å². The van der Waals surface area contributed by atoms with Crippen molar-refractivity contribution >= 4 is 26.3 Å². The highest BCUT2D eigenvalue weighted by Crippen LogP contribution is 2.32. The summed E-state index contributed by atoms with van der Waals surface area (Å²) in [7, 11) is -9.62. The average molecular weight is 374 g/mol. The van der Waals surface area contributed by atoms with Crippen molar-refractivity contribution in [2.75, 3.05) is 0 Å². The molecular formula is C13H14N2O7S2. The van der Waals surface area contributed by atoms with Crippen LogP contribution >= 0.6 is 0 Å². The summed E-state index contributed by atoms with van der Waals surface area (Å²) in [6, 6.07) is 10.8. The largest absolute Gasteiger partial charge is 0.352 e. The molecule has 0 radical (unpaired) electrons. The number of benzene rings is 2. The van der Waals surface area contributed by atoms with Gasteiger partial charge >= 0.3 is 6.03 Å². The number of hydrogen-bond donors (Lipinski definition) is 4. The second-order valence-corrected chi connectivity index (χ2v) is 7.10. The highest BCUT2D eigenvalue weighted by molar-refractivity contribution is 7.89. The fourth-order valence-corrected chi connectivity index (χ4v) is 3.84. The third-order valence-electron chi connectivity index (χ3n) is 2.60.